The highest BCUT2D eigenvalue weighted by Gasteiger charge is 2.46. The summed E-state index contributed by atoms with van der Waals surface area (Å²) in [5, 5.41) is 1.06. The summed E-state index contributed by atoms with van der Waals surface area (Å²) >= 11 is 12.3. The molecule has 1 atom stereocenters. The maximum absolute atomic E-state index is 15.4. The standard InChI is InChI=1S/C28H34Cl2F2N2O4S/c1-5-25(18-8-20(29)11-21(30)9-18)34-14-28(32,15-34)16-38-13-19-10-24(31)23(12-22(19)17-6-7-17)26(35)33-39(36,37)27(2,3)4/h8-12,17,25H,5-7,13-16H2,1-4H3,(H,33,35). The van der Waals surface area contributed by atoms with Gasteiger partial charge >= 0.3 is 0 Å². The van der Waals surface area contributed by atoms with Crippen molar-refractivity contribution in [2.45, 2.75) is 75.9 Å². The lowest BCUT2D eigenvalue weighted by Crippen LogP contribution is -2.62. The van der Waals surface area contributed by atoms with Crippen LogP contribution < -0.4 is 4.72 Å². The van der Waals surface area contributed by atoms with E-state index in [0.29, 0.717) is 15.6 Å². The summed E-state index contributed by atoms with van der Waals surface area (Å²) in [4.78, 5) is 14.7. The van der Waals surface area contributed by atoms with Crippen LogP contribution in [-0.4, -0.2) is 49.3 Å². The number of likely N-dealkylation sites (tertiary alicyclic amines) is 1. The van der Waals surface area contributed by atoms with Crippen molar-refractivity contribution in [1.29, 1.82) is 0 Å². The molecule has 0 radical (unpaired) electrons. The first-order chi connectivity index (χ1) is 18.1. The van der Waals surface area contributed by atoms with Crippen LogP contribution in [0.1, 0.15) is 86.0 Å². The van der Waals surface area contributed by atoms with Crippen LogP contribution in [0, 0.1) is 5.82 Å². The second-order valence-electron chi connectivity index (χ2n) is 11.5. The minimum atomic E-state index is -4.00. The Balaban J connectivity index is 1.39. The van der Waals surface area contributed by atoms with Crippen LogP contribution in [0.15, 0.2) is 30.3 Å². The fourth-order valence-corrected chi connectivity index (χ4v) is 6.05. The zero-order valence-electron chi connectivity index (χ0n) is 22.5. The Labute approximate surface area is 239 Å². The topological polar surface area (TPSA) is 75.7 Å². The number of ether oxygens (including phenoxy) is 1. The molecular weight excluding hydrogens is 569 g/mol. The fraction of sp³-hybridized carbons (Fsp3) is 0.536. The molecule has 2 aromatic rings. The molecule has 1 amide bonds. The van der Waals surface area contributed by atoms with E-state index in [1.54, 1.807) is 6.07 Å². The van der Waals surface area contributed by atoms with E-state index in [9.17, 15) is 17.6 Å². The summed E-state index contributed by atoms with van der Waals surface area (Å²) < 4.78 is 61.6. The lowest BCUT2D eigenvalue weighted by molar-refractivity contribution is -0.107. The number of carbonyl (C=O) groups is 1. The molecule has 39 heavy (non-hydrogen) atoms. The van der Waals surface area contributed by atoms with Crippen molar-refractivity contribution in [3.8, 4) is 0 Å². The van der Waals surface area contributed by atoms with E-state index >= 15 is 4.39 Å². The molecule has 11 heteroatoms. The Bertz CT molecular complexity index is 1330. The molecule has 0 aromatic heterocycles. The Morgan fingerprint density at radius 2 is 1.77 bits per heavy atom. The molecule has 6 nitrogen and oxygen atoms in total. The number of benzene rings is 2. The number of carbonyl (C=O) groups excluding carboxylic acids is 1. The Morgan fingerprint density at radius 1 is 1.15 bits per heavy atom. The maximum Gasteiger partial charge on any atom is 0.267 e. The van der Waals surface area contributed by atoms with E-state index in [1.807, 2.05) is 28.7 Å². The van der Waals surface area contributed by atoms with Gasteiger partial charge in [0.05, 0.1) is 23.5 Å². The zero-order chi connectivity index (χ0) is 28.8. The minimum Gasteiger partial charge on any atom is -0.373 e. The molecule has 4 rings (SSSR count). The Hall–Kier alpha value is -1.78. The molecular formula is C28H34Cl2F2N2O4S. The van der Waals surface area contributed by atoms with Gasteiger partial charge in [0.2, 0.25) is 10.0 Å². The van der Waals surface area contributed by atoms with Gasteiger partial charge in [-0.2, -0.15) is 0 Å². The van der Waals surface area contributed by atoms with Crippen LogP contribution in [0.3, 0.4) is 0 Å². The molecule has 1 unspecified atom stereocenters. The lowest BCUT2D eigenvalue weighted by atomic mass is 9.91. The van der Waals surface area contributed by atoms with E-state index in [1.165, 1.54) is 32.9 Å². The normalized spacial score (nSPS) is 18.5. The van der Waals surface area contributed by atoms with E-state index in [4.69, 9.17) is 27.9 Å². The number of rotatable bonds is 10. The second kappa shape index (κ2) is 11.2. The summed E-state index contributed by atoms with van der Waals surface area (Å²) in [6.07, 6.45) is 2.50. The summed E-state index contributed by atoms with van der Waals surface area (Å²) in [7, 11) is -4.00. The van der Waals surface area contributed by atoms with Gasteiger partial charge in [-0.25, -0.2) is 21.9 Å². The fourth-order valence-electron chi connectivity index (χ4n) is 4.84. The predicted octanol–water partition coefficient (Wildman–Crippen LogP) is 6.56. The first-order valence-corrected chi connectivity index (χ1v) is 15.2. The van der Waals surface area contributed by atoms with Crippen molar-refractivity contribution in [2.75, 3.05) is 19.7 Å². The molecule has 0 spiro atoms. The van der Waals surface area contributed by atoms with Gasteiger partial charge in [-0.15, -0.1) is 0 Å². The molecule has 1 aliphatic carbocycles. The van der Waals surface area contributed by atoms with Gasteiger partial charge in [0.25, 0.3) is 5.91 Å². The lowest BCUT2D eigenvalue weighted by Gasteiger charge is -2.48. The third-order valence-electron chi connectivity index (χ3n) is 7.21. The molecule has 1 saturated carbocycles. The van der Waals surface area contributed by atoms with Crippen LogP contribution in [0.25, 0.3) is 0 Å². The first kappa shape index (κ1) is 30.2. The van der Waals surface area contributed by atoms with Crippen molar-refractivity contribution >= 4 is 39.1 Å². The van der Waals surface area contributed by atoms with Gasteiger partial charge in [-0.3, -0.25) is 9.69 Å². The molecule has 1 saturated heterocycles. The minimum absolute atomic E-state index is 0.0162. The van der Waals surface area contributed by atoms with E-state index < -0.39 is 32.2 Å². The van der Waals surface area contributed by atoms with Crippen LogP contribution in [0.2, 0.25) is 10.0 Å². The van der Waals surface area contributed by atoms with Crippen LogP contribution in [0.4, 0.5) is 8.78 Å². The van der Waals surface area contributed by atoms with Crippen molar-refractivity contribution in [1.82, 2.24) is 9.62 Å². The summed E-state index contributed by atoms with van der Waals surface area (Å²) in [6, 6.07) is 7.91. The summed E-state index contributed by atoms with van der Waals surface area (Å²) in [5.74, 6) is -1.74. The molecule has 2 fully saturated rings. The van der Waals surface area contributed by atoms with Gasteiger partial charge < -0.3 is 4.74 Å². The highest BCUT2D eigenvalue weighted by Crippen LogP contribution is 2.43. The van der Waals surface area contributed by atoms with Gasteiger partial charge in [0, 0.05) is 29.2 Å². The van der Waals surface area contributed by atoms with Crippen molar-refractivity contribution in [3.05, 3.63) is 68.4 Å². The number of hydrogen-bond acceptors (Lipinski definition) is 5. The molecule has 2 aromatic carbocycles. The third-order valence-corrected chi connectivity index (χ3v) is 9.72. The average Bonchev–Trinajstić information content (AvgIpc) is 3.62. The number of alkyl halides is 1. The predicted molar refractivity (Wildman–Crippen MR) is 149 cm³/mol. The number of nitrogens with zero attached hydrogens (tertiary/aromatic N) is 1. The molecule has 1 heterocycles. The number of halogens is 4. The first-order valence-electron chi connectivity index (χ1n) is 13.0. The van der Waals surface area contributed by atoms with Crippen LogP contribution >= 0.6 is 23.2 Å². The molecule has 0 bridgehead atoms. The largest absolute Gasteiger partial charge is 0.373 e. The van der Waals surface area contributed by atoms with Gasteiger partial charge in [0.1, 0.15) is 5.82 Å². The van der Waals surface area contributed by atoms with Crippen molar-refractivity contribution < 1.29 is 26.7 Å². The number of sulfonamides is 1. The molecule has 2 aliphatic rings. The summed E-state index contributed by atoms with van der Waals surface area (Å²) in [6.45, 7) is 6.55. The second-order valence-corrected chi connectivity index (χ2v) is 14.8. The van der Waals surface area contributed by atoms with E-state index in [-0.39, 0.29) is 43.8 Å². The van der Waals surface area contributed by atoms with Crippen molar-refractivity contribution in [2.24, 2.45) is 0 Å². The van der Waals surface area contributed by atoms with Crippen molar-refractivity contribution in [3.63, 3.8) is 0 Å². The van der Waals surface area contributed by atoms with Crippen LogP contribution in [0.5, 0.6) is 0 Å². The Morgan fingerprint density at radius 3 is 2.31 bits per heavy atom. The molecule has 1 N–H and O–H groups in total. The average molecular weight is 604 g/mol. The SMILES string of the molecule is CCC(c1cc(Cl)cc(Cl)c1)N1CC(F)(COCc2cc(F)c(C(=O)NS(=O)(=O)C(C)(C)C)cc2C2CC2)C1. The van der Waals surface area contributed by atoms with E-state index in [0.717, 1.165) is 30.4 Å². The quantitative estimate of drug-likeness (QED) is 0.333. The highest BCUT2D eigenvalue weighted by atomic mass is 35.5. The molecule has 1 aliphatic heterocycles. The highest BCUT2D eigenvalue weighted by molar-refractivity contribution is 7.91. The molecule has 214 valence electrons. The van der Waals surface area contributed by atoms with E-state index in [2.05, 4.69) is 0 Å². The van der Waals surface area contributed by atoms with Gasteiger partial charge in [-0.1, -0.05) is 30.1 Å². The maximum atomic E-state index is 15.4. The number of hydrogen-bond donors (Lipinski definition) is 1. The zero-order valence-corrected chi connectivity index (χ0v) is 24.8. The number of amides is 1. The number of nitrogens with one attached hydrogen (secondary N) is 1. The smallest absolute Gasteiger partial charge is 0.267 e. The van der Waals surface area contributed by atoms with Crippen LogP contribution in [-0.2, 0) is 21.4 Å². The summed E-state index contributed by atoms with van der Waals surface area (Å²) in [5.41, 5.74) is 0.306. The third kappa shape index (κ3) is 6.93. The van der Waals surface area contributed by atoms with Gasteiger partial charge in [-0.05, 0) is 93.0 Å². The Kier molecular flexibility index (Phi) is 8.70. The monoisotopic (exact) mass is 602 g/mol. The van der Waals surface area contributed by atoms with Gasteiger partial charge in [0.15, 0.2) is 5.67 Å².